The number of sulfonamides is 1. The van der Waals surface area contributed by atoms with E-state index in [1.54, 1.807) is 27.7 Å². The van der Waals surface area contributed by atoms with Gasteiger partial charge in [-0.1, -0.05) is 0 Å². The highest BCUT2D eigenvalue weighted by molar-refractivity contribution is 7.92. The van der Waals surface area contributed by atoms with E-state index in [0.717, 1.165) is 6.26 Å². The molecule has 11 heteroatoms. The van der Waals surface area contributed by atoms with Crippen molar-refractivity contribution < 1.29 is 27.5 Å². The lowest BCUT2D eigenvalue weighted by Crippen LogP contribution is -2.33. The van der Waals surface area contributed by atoms with Gasteiger partial charge in [-0.2, -0.15) is 5.10 Å². The molecule has 0 saturated carbocycles. The number of hydrogen-bond acceptors (Lipinski definition) is 7. The molecule has 1 aromatic heterocycles. The van der Waals surface area contributed by atoms with Gasteiger partial charge in [-0.15, -0.1) is 0 Å². The van der Waals surface area contributed by atoms with E-state index in [1.165, 1.54) is 10.9 Å². The normalized spacial score (nSPS) is 11.7. The van der Waals surface area contributed by atoms with Gasteiger partial charge in [0, 0.05) is 13.1 Å². The Labute approximate surface area is 153 Å². The molecule has 0 saturated heterocycles. The average Bonchev–Trinajstić information content (AvgIpc) is 2.83. The predicted molar refractivity (Wildman–Crippen MR) is 95.5 cm³/mol. The van der Waals surface area contributed by atoms with Gasteiger partial charge < -0.3 is 14.8 Å². The van der Waals surface area contributed by atoms with Crippen molar-refractivity contribution in [3.05, 3.63) is 11.8 Å². The van der Waals surface area contributed by atoms with E-state index < -0.39 is 27.7 Å². The minimum absolute atomic E-state index is 0.0253. The monoisotopic (exact) mass is 390 g/mol. The van der Waals surface area contributed by atoms with Gasteiger partial charge in [0.1, 0.15) is 11.2 Å². The Morgan fingerprint density at radius 3 is 2.50 bits per heavy atom. The van der Waals surface area contributed by atoms with Crippen LogP contribution in [0.15, 0.2) is 6.20 Å². The fraction of sp³-hybridized carbons (Fsp3) is 0.667. The van der Waals surface area contributed by atoms with Gasteiger partial charge in [0.25, 0.3) is 0 Å². The maximum absolute atomic E-state index is 11.9. The molecule has 148 valence electrons. The second kappa shape index (κ2) is 8.88. The summed E-state index contributed by atoms with van der Waals surface area (Å²) in [6, 6.07) is 0. The molecule has 0 spiro atoms. The molecular formula is C15H26N4O6S. The van der Waals surface area contributed by atoms with E-state index in [9.17, 15) is 18.0 Å². The number of alkyl carbamates (subject to hydrolysis) is 1. The summed E-state index contributed by atoms with van der Waals surface area (Å²) in [4.78, 5) is 23.5. The molecule has 0 aliphatic heterocycles. The smallest absolute Gasteiger partial charge is 0.407 e. The van der Waals surface area contributed by atoms with Gasteiger partial charge in [-0.3, -0.25) is 4.72 Å². The molecule has 10 nitrogen and oxygen atoms in total. The Hall–Kier alpha value is -2.30. The zero-order valence-electron chi connectivity index (χ0n) is 15.7. The molecule has 1 amide bonds. The van der Waals surface area contributed by atoms with Crippen LogP contribution in [0.5, 0.6) is 0 Å². The summed E-state index contributed by atoms with van der Waals surface area (Å²) in [7, 11) is -3.61. The van der Waals surface area contributed by atoms with Crippen molar-refractivity contribution in [2.24, 2.45) is 0 Å². The molecule has 0 fully saturated rings. The van der Waals surface area contributed by atoms with Gasteiger partial charge in [0.2, 0.25) is 10.0 Å². The molecule has 2 N–H and O–H groups in total. The highest BCUT2D eigenvalue weighted by atomic mass is 32.2. The van der Waals surface area contributed by atoms with Crippen molar-refractivity contribution >= 4 is 27.9 Å². The highest BCUT2D eigenvalue weighted by Gasteiger charge is 2.21. The number of aromatic nitrogens is 2. The third-order valence-corrected chi connectivity index (χ3v) is 3.40. The van der Waals surface area contributed by atoms with Crippen molar-refractivity contribution in [2.45, 2.75) is 46.3 Å². The first-order chi connectivity index (χ1) is 11.9. The summed E-state index contributed by atoms with van der Waals surface area (Å²) in [5, 5.41) is 6.62. The predicted octanol–water partition coefficient (Wildman–Crippen LogP) is 1.35. The van der Waals surface area contributed by atoms with Crippen LogP contribution >= 0.6 is 0 Å². The van der Waals surface area contributed by atoms with Gasteiger partial charge >= 0.3 is 12.1 Å². The second-order valence-electron chi connectivity index (χ2n) is 6.51. The van der Waals surface area contributed by atoms with Crippen molar-refractivity contribution in [1.29, 1.82) is 0 Å². The van der Waals surface area contributed by atoms with Crippen molar-refractivity contribution in [3.63, 3.8) is 0 Å². The fourth-order valence-corrected chi connectivity index (χ4v) is 2.50. The third kappa shape index (κ3) is 7.72. The van der Waals surface area contributed by atoms with E-state index >= 15 is 0 Å². The van der Waals surface area contributed by atoms with Gasteiger partial charge in [-0.25, -0.2) is 22.7 Å². The molecule has 1 heterocycles. The SMILES string of the molecule is CCOC(=O)c1cnn(CCCNC(=O)OC(C)(C)C)c1NS(C)(=O)=O. The number of ether oxygens (including phenoxy) is 2. The van der Waals surface area contributed by atoms with Crippen molar-refractivity contribution in [1.82, 2.24) is 15.1 Å². The van der Waals surface area contributed by atoms with Gasteiger partial charge in [-0.05, 0) is 34.1 Å². The van der Waals surface area contributed by atoms with Crippen LogP contribution < -0.4 is 10.0 Å². The van der Waals surface area contributed by atoms with Crippen LogP contribution in [0.4, 0.5) is 10.6 Å². The number of rotatable bonds is 8. The first-order valence-electron chi connectivity index (χ1n) is 8.10. The van der Waals surface area contributed by atoms with Crippen LogP contribution in [0.3, 0.4) is 0 Å². The highest BCUT2D eigenvalue weighted by Crippen LogP contribution is 2.18. The van der Waals surface area contributed by atoms with E-state index in [0.29, 0.717) is 13.0 Å². The molecule has 0 radical (unpaired) electrons. The number of nitrogens with one attached hydrogen (secondary N) is 2. The Bertz CT molecular complexity index is 736. The van der Waals surface area contributed by atoms with Crippen LogP contribution in [0.1, 0.15) is 44.5 Å². The first-order valence-corrected chi connectivity index (χ1v) is 9.99. The van der Waals surface area contributed by atoms with E-state index in [-0.39, 0.29) is 24.5 Å². The topological polar surface area (TPSA) is 129 Å². The van der Waals surface area contributed by atoms with Crippen LogP contribution in [0.25, 0.3) is 0 Å². The summed E-state index contributed by atoms with van der Waals surface area (Å²) in [5.41, 5.74) is -0.565. The van der Waals surface area contributed by atoms with Crippen molar-refractivity contribution in [2.75, 3.05) is 24.1 Å². The van der Waals surface area contributed by atoms with Crippen LogP contribution in [-0.2, 0) is 26.0 Å². The summed E-state index contributed by atoms with van der Waals surface area (Å²) >= 11 is 0. The van der Waals surface area contributed by atoms with Crippen LogP contribution in [-0.4, -0.2) is 55.3 Å². The largest absolute Gasteiger partial charge is 0.462 e. The molecule has 0 aromatic carbocycles. The Balaban J connectivity index is 2.74. The summed E-state index contributed by atoms with van der Waals surface area (Å²) in [5.74, 6) is -0.639. The zero-order chi connectivity index (χ0) is 20.0. The second-order valence-corrected chi connectivity index (χ2v) is 8.26. The zero-order valence-corrected chi connectivity index (χ0v) is 16.5. The minimum atomic E-state index is -3.61. The molecule has 0 atom stereocenters. The lowest BCUT2D eigenvalue weighted by Gasteiger charge is -2.19. The standard InChI is InChI=1S/C15H26N4O6S/c1-6-24-13(20)11-10-17-19(12(11)18-26(5,22)23)9-7-8-16-14(21)25-15(2,3)4/h10,18H,6-9H2,1-5H3,(H,16,21). The fourth-order valence-electron chi connectivity index (χ4n) is 1.93. The quantitative estimate of drug-likeness (QED) is 0.506. The molecular weight excluding hydrogens is 364 g/mol. The van der Waals surface area contributed by atoms with E-state index in [4.69, 9.17) is 9.47 Å². The number of esters is 1. The molecule has 26 heavy (non-hydrogen) atoms. The summed E-state index contributed by atoms with van der Waals surface area (Å²) in [6.45, 7) is 7.65. The number of hydrogen-bond donors (Lipinski definition) is 2. The lowest BCUT2D eigenvalue weighted by molar-refractivity contribution is 0.0517. The molecule has 0 unspecified atom stereocenters. The summed E-state index contributed by atoms with van der Waals surface area (Å²) in [6.07, 6.45) is 2.12. The number of carbonyl (C=O) groups is 2. The lowest BCUT2D eigenvalue weighted by atomic mass is 10.2. The Morgan fingerprint density at radius 2 is 1.96 bits per heavy atom. The van der Waals surface area contributed by atoms with E-state index in [1.807, 2.05) is 0 Å². The number of anilines is 1. The molecule has 1 rings (SSSR count). The Morgan fingerprint density at radius 1 is 1.31 bits per heavy atom. The van der Waals surface area contributed by atoms with Crippen LogP contribution in [0.2, 0.25) is 0 Å². The van der Waals surface area contributed by atoms with Gasteiger partial charge in [0.05, 0.1) is 19.1 Å². The molecule has 0 aliphatic carbocycles. The molecule has 0 aliphatic rings. The minimum Gasteiger partial charge on any atom is -0.462 e. The Kier molecular flexibility index (Phi) is 7.42. The van der Waals surface area contributed by atoms with E-state index in [2.05, 4.69) is 15.1 Å². The summed E-state index contributed by atoms with van der Waals surface area (Å²) < 4.78 is 36.7. The number of aryl methyl sites for hydroxylation is 1. The maximum Gasteiger partial charge on any atom is 0.407 e. The maximum atomic E-state index is 11.9. The number of nitrogens with zero attached hydrogens (tertiary/aromatic N) is 2. The van der Waals surface area contributed by atoms with Crippen LogP contribution in [0, 0.1) is 0 Å². The third-order valence-electron chi connectivity index (χ3n) is 2.83. The molecule has 0 bridgehead atoms. The molecule has 1 aromatic rings. The number of carbonyl (C=O) groups excluding carboxylic acids is 2. The number of amides is 1. The average molecular weight is 390 g/mol. The van der Waals surface area contributed by atoms with Crippen molar-refractivity contribution in [3.8, 4) is 0 Å². The van der Waals surface area contributed by atoms with Gasteiger partial charge in [0.15, 0.2) is 5.82 Å². The first kappa shape index (κ1) is 21.7.